The van der Waals surface area contributed by atoms with E-state index in [4.69, 9.17) is 0 Å². The van der Waals surface area contributed by atoms with Gasteiger partial charge in [-0.15, -0.1) is 6.58 Å². The molecule has 0 saturated carbocycles. The predicted octanol–water partition coefficient (Wildman–Crippen LogP) is 4.44. The van der Waals surface area contributed by atoms with Gasteiger partial charge in [0.25, 0.3) is 0 Å². The van der Waals surface area contributed by atoms with Crippen molar-refractivity contribution in [2.24, 2.45) is 4.99 Å². The zero-order chi connectivity index (χ0) is 15.7. The molecule has 0 saturated heterocycles. The summed E-state index contributed by atoms with van der Waals surface area (Å²) in [5.41, 5.74) is -0.760. The van der Waals surface area contributed by atoms with E-state index < -0.39 is 5.72 Å². The van der Waals surface area contributed by atoms with Gasteiger partial charge in [-0.2, -0.15) is 0 Å². The second kappa shape index (κ2) is 9.14. The molecule has 22 heavy (non-hydrogen) atoms. The molecule has 0 fully saturated rings. The molecule has 0 bridgehead atoms. The van der Waals surface area contributed by atoms with Gasteiger partial charge in [0, 0.05) is 13.1 Å². The van der Waals surface area contributed by atoms with E-state index in [2.05, 4.69) is 16.5 Å². The number of fused-ring (bicyclic) bond motifs is 1. The van der Waals surface area contributed by atoms with Gasteiger partial charge in [-0.1, -0.05) is 44.6 Å². The van der Waals surface area contributed by atoms with E-state index in [1.807, 2.05) is 18.2 Å². The minimum absolute atomic E-state index is 0.760. The lowest BCUT2D eigenvalue weighted by molar-refractivity contribution is -0.0297. The van der Waals surface area contributed by atoms with Crippen molar-refractivity contribution in [3.05, 3.63) is 24.8 Å². The first kappa shape index (κ1) is 17.3. The first-order valence-electron chi connectivity index (χ1n) is 9.11. The monoisotopic (exact) mass is 304 g/mol. The van der Waals surface area contributed by atoms with Gasteiger partial charge in [0.2, 0.25) is 0 Å². The number of rotatable bonds is 11. The summed E-state index contributed by atoms with van der Waals surface area (Å²) in [4.78, 5) is 6.56. The summed E-state index contributed by atoms with van der Waals surface area (Å²) < 4.78 is 0. The topological polar surface area (TPSA) is 35.8 Å². The van der Waals surface area contributed by atoms with Crippen LogP contribution >= 0.6 is 0 Å². The van der Waals surface area contributed by atoms with Crippen molar-refractivity contribution in [2.75, 3.05) is 13.1 Å². The van der Waals surface area contributed by atoms with E-state index in [0.29, 0.717) is 0 Å². The number of amidine groups is 1. The molecule has 3 heteroatoms. The highest BCUT2D eigenvalue weighted by molar-refractivity contribution is 5.96. The molecule has 1 unspecified atom stereocenters. The van der Waals surface area contributed by atoms with E-state index in [1.54, 1.807) is 0 Å². The number of aliphatic hydroxyl groups is 1. The van der Waals surface area contributed by atoms with Crippen LogP contribution in [-0.2, 0) is 0 Å². The quantitative estimate of drug-likeness (QED) is 0.452. The third kappa shape index (κ3) is 4.98. The fraction of sp³-hybridized carbons (Fsp3) is 0.737. The number of aliphatic imine (C=N–C) groups is 1. The molecule has 124 valence electrons. The lowest BCUT2D eigenvalue weighted by Gasteiger charge is -2.36. The molecule has 2 heterocycles. The number of hydrogen-bond donors (Lipinski definition) is 1. The van der Waals surface area contributed by atoms with Gasteiger partial charge in [0.1, 0.15) is 5.84 Å². The second-order valence-corrected chi connectivity index (χ2v) is 6.61. The minimum atomic E-state index is -0.760. The molecule has 0 aromatic carbocycles. The number of nitrogens with zero attached hydrogens (tertiary/aromatic N) is 2. The standard InChI is InChI=1S/C19H32N2O/c1-2-3-4-5-6-7-8-9-10-11-14-19(22)15-13-18-20-16-12-17-21(18)19/h2,13,15,22H,1,3-12,14,16-17H2. The zero-order valence-electron chi connectivity index (χ0n) is 14.0. The van der Waals surface area contributed by atoms with Crippen molar-refractivity contribution in [3.63, 3.8) is 0 Å². The van der Waals surface area contributed by atoms with E-state index in [1.165, 1.54) is 44.9 Å². The summed E-state index contributed by atoms with van der Waals surface area (Å²) in [6, 6.07) is 0. The highest BCUT2D eigenvalue weighted by atomic mass is 16.3. The van der Waals surface area contributed by atoms with Crippen LogP contribution in [0.25, 0.3) is 0 Å². The van der Waals surface area contributed by atoms with E-state index >= 15 is 0 Å². The SMILES string of the molecule is C=CCCCCCCCCCCC1(O)C=CC2=NCCCN21. The van der Waals surface area contributed by atoms with Crippen molar-refractivity contribution >= 4 is 5.84 Å². The Labute approximate surface area is 135 Å². The third-order valence-electron chi connectivity index (χ3n) is 4.76. The van der Waals surface area contributed by atoms with Gasteiger partial charge in [0.15, 0.2) is 5.72 Å². The molecule has 3 nitrogen and oxygen atoms in total. The average Bonchev–Trinajstić information content (AvgIpc) is 2.87. The maximum absolute atomic E-state index is 10.8. The fourth-order valence-corrected chi connectivity index (χ4v) is 3.41. The van der Waals surface area contributed by atoms with Gasteiger partial charge < -0.3 is 10.0 Å². The van der Waals surface area contributed by atoms with Crippen LogP contribution in [0.4, 0.5) is 0 Å². The Kier molecular flexibility index (Phi) is 7.17. The number of hydrogen-bond acceptors (Lipinski definition) is 3. The maximum atomic E-state index is 10.8. The van der Waals surface area contributed by atoms with Crippen LogP contribution in [0.15, 0.2) is 29.8 Å². The van der Waals surface area contributed by atoms with Gasteiger partial charge in [-0.05, 0) is 44.3 Å². The summed E-state index contributed by atoms with van der Waals surface area (Å²) in [6.45, 7) is 5.60. The molecule has 0 amide bonds. The summed E-state index contributed by atoms with van der Waals surface area (Å²) in [7, 11) is 0. The molecule has 0 aromatic rings. The molecule has 2 aliphatic rings. The summed E-state index contributed by atoms with van der Waals surface area (Å²) >= 11 is 0. The van der Waals surface area contributed by atoms with Crippen LogP contribution in [-0.4, -0.2) is 34.7 Å². The normalized spacial score (nSPS) is 23.5. The highest BCUT2D eigenvalue weighted by Crippen LogP contribution is 2.29. The van der Waals surface area contributed by atoms with Crippen LogP contribution in [0.3, 0.4) is 0 Å². The zero-order valence-corrected chi connectivity index (χ0v) is 14.0. The Morgan fingerprint density at radius 3 is 2.55 bits per heavy atom. The Morgan fingerprint density at radius 2 is 1.82 bits per heavy atom. The molecule has 2 aliphatic heterocycles. The Balaban J connectivity index is 1.52. The van der Waals surface area contributed by atoms with Crippen molar-refractivity contribution in [1.29, 1.82) is 0 Å². The second-order valence-electron chi connectivity index (χ2n) is 6.61. The Bertz CT molecular complexity index is 402. The average molecular weight is 304 g/mol. The van der Waals surface area contributed by atoms with Crippen LogP contribution in [0, 0.1) is 0 Å². The summed E-state index contributed by atoms with van der Waals surface area (Å²) in [5.74, 6) is 0.980. The van der Waals surface area contributed by atoms with E-state index in [-0.39, 0.29) is 0 Å². The fourth-order valence-electron chi connectivity index (χ4n) is 3.41. The molecular formula is C19H32N2O. The Morgan fingerprint density at radius 1 is 1.14 bits per heavy atom. The van der Waals surface area contributed by atoms with Crippen LogP contribution < -0.4 is 0 Å². The summed E-state index contributed by atoms with van der Waals surface area (Å²) in [6.07, 6.45) is 19.3. The number of allylic oxidation sites excluding steroid dienone is 1. The van der Waals surface area contributed by atoms with Crippen molar-refractivity contribution < 1.29 is 5.11 Å². The lowest BCUT2D eigenvalue weighted by atomic mass is 10.0. The van der Waals surface area contributed by atoms with Crippen LogP contribution in [0.2, 0.25) is 0 Å². The molecule has 1 N–H and O–H groups in total. The largest absolute Gasteiger partial charge is 0.367 e. The molecule has 0 radical (unpaired) electrons. The van der Waals surface area contributed by atoms with Crippen molar-refractivity contribution in [1.82, 2.24) is 4.90 Å². The smallest absolute Gasteiger partial charge is 0.158 e. The lowest BCUT2D eigenvalue weighted by Crippen LogP contribution is -2.48. The number of unbranched alkanes of at least 4 members (excludes halogenated alkanes) is 8. The summed E-state index contributed by atoms with van der Waals surface area (Å²) in [5, 5.41) is 10.8. The van der Waals surface area contributed by atoms with Gasteiger partial charge in [-0.25, -0.2) is 0 Å². The predicted molar refractivity (Wildman–Crippen MR) is 94.1 cm³/mol. The Hall–Kier alpha value is -1.09. The molecular weight excluding hydrogens is 272 g/mol. The third-order valence-corrected chi connectivity index (χ3v) is 4.76. The molecule has 1 atom stereocenters. The minimum Gasteiger partial charge on any atom is -0.367 e. The first-order valence-corrected chi connectivity index (χ1v) is 9.11. The van der Waals surface area contributed by atoms with Crippen LogP contribution in [0.1, 0.15) is 70.6 Å². The van der Waals surface area contributed by atoms with Gasteiger partial charge in [-0.3, -0.25) is 4.99 Å². The van der Waals surface area contributed by atoms with E-state index in [9.17, 15) is 5.11 Å². The molecule has 0 aromatic heterocycles. The highest BCUT2D eigenvalue weighted by Gasteiger charge is 2.37. The first-order chi connectivity index (χ1) is 10.8. The molecule has 2 rings (SSSR count). The van der Waals surface area contributed by atoms with Crippen LogP contribution in [0.5, 0.6) is 0 Å². The van der Waals surface area contributed by atoms with Gasteiger partial charge in [0.05, 0.1) is 0 Å². The van der Waals surface area contributed by atoms with Gasteiger partial charge >= 0.3 is 0 Å². The molecule has 0 aliphatic carbocycles. The van der Waals surface area contributed by atoms with E-state index in [0.717, 1.165) is 44.6 Å². The maximum Gasteiger partial charge on any atom is 0.158 e. The molecule has 0 spiro atoms. The van der Waals surface area contributed by atoms with Crippen molar-refractivity contribution in [2.45, 2.75) is 76.4 Å². The van der Waals surface area contributed by atoms with Crippen molar-refractivity contribution in [3.8, 4) is 0 Å².